The Morgan fingerprint density at radius 3 is 2.35 bits per heavy atom. The van der Waals surface area contributed by atoms with Crippen molar-refractivity contribution in [3.8, 4) is 0 Å². The summed E-state index contributed by atoms with van der Waals surface area (Å²) in [6, 6.07) is 4.76. The van der Waals surface area contributed by atoms with E-state index in [1.165, 1.54) is 6.07 Å². The lowest BCUT2D eigenvalue weighted by Crippen LogP contribution is -2.33. The van der Waals surface area contributed by atoms with Crippen molar-refractivity contribution in [2.75, 3.05) is 4.90 Å². The van der Waals surface area contributed by atoms with Crippen LogP contribution >= 0.6 is 0 Å². The minimum Gasteiger partial charge on any atom is -0.478 e. The molecule has 1 saturated carbocycles. The molecular formula is C15H15NO4. The largest absolute Gasteiger partial charge is 0.478 e. The zero-order valence-electron chi connectivity index (χ0n) is 11.1. The average Bonchev–Trinajstić information content (AvgIpc) is 2.96. The van der Waals surface area contributed by atoms with E-state index < -0.39 is 5.97 Å². The van der Waals surface area contributed by atoms with Gasteiger partial charge in [-0.2, -0.15) is 0 Å². The van der Waals surface area contributed by atoms with Crippen molar-refractivity contribution in [1.29, 1.82) is 0 Å². The van der Waals surface area contributed by atoms with Gasteiger partial charge >= 0.3 is 5.97 Å². The molecule has 0 bridgehead atoms. The first-order chi connectivity index (χ1) is 9.50. The fraction of sp³-hybridized carbons (Fsp3) is 0.400. The summed E-state index contributed by atoms with van der Waals surface area (Å²) >= 11 is 0. The van der Waals surface area contributed by atoms with Crippen LogP contribution < -0.4 is 4.90 Å². The summed E-state index contributed by atoms with van der Waals surface area (Å²) in [5.41, 5.74) is 0.990. The highest BCUT2D eigenvalue weighted by Gasteiger charge is 2.50. The van der Waals surface area contributed by atoms with Gasteiger partial charge < -0.3 is 5.11 Å². The van der Waals surface area contributed by atoms with Gasteiger partial charge in [-0.3, -0.25) is 9.59 Å². The Balaban J connectivity index is 2.08. The van der Waals surface area contributed by atoms with E-state index in [9.17, 15) is 19.5 Å². The summed E-state index contributed by atoms with van der Waals surface area (Å²) < 4.78 is 0. The van der Waals surface area contributed by atoms with E-state index in [-0.39, 0.29) is 34.9 Å². The standard InChI is InChI=1S/C15H15NO4/c1-8-5-6-12(11(7-8)15(19)20)16-13(17)9-3-2-4-10(9)14(16)18/h5-7,9-10H,2-4H2,1H3,(H,19,20). The van der Waals surface area contributed by atoms with Crippen LogP contribution in [0.15, 0.2) is 18.2 Å². The third kappa shape index (κ3) is 1.73. The fourth-order valence-corrected chi connectivity index (χ4v) is 3.25. The second kappa shape index (κ2) is 4.44. The first kappa shape index (κ1) is 12.8. The number of hydrogen-bond donors (Lipinski definition) is 1. The molecule has 2 amide bonds. The van der Waals surface area contributed by atoms with Crippen LogP contribution in [0.3, 0.4) is 0 Å². The Labute approximate surface area is 116 Å². The number of carbonyl (C=O) groups excluding carboxylic acids is 2. The highest BCUT2D eigenvalue weighted by molar-refractivity contribution is 6.24. The predicted molar refractivity (Wildman–Crippen MR) is 71.5 cm³/mol. The van der Waals surface area contributed by atoms with Gasteiger partial charge in [0, 0.05) is 0 Å². The monoisotopic (exact) mass is 273 g/mol. The molecule has 0 spiro atoms. The molecule has 2 atom stereocenters. The number of amides is 2. The number of aromatic carboxylic acids is 1. The van der Waals surface area contributed by atoms with Gasteiger partial charge in [0.2, 0.25) is 11.8 Å². The van der Waals surface area contributed by atoms with Crippen molar-refractivity contribution in [2.45, 2.75) is 26.2 Å². The highest BCUT2D eigenvalue weighted by atomic mass is 16.4. The first-order valence-electron chi connectivity index (χ1n) is 6.72. The lowest BCUT2D eigenvalue weighted by atomic mass is 10.00. The minimum atomic E-state index is -1.12. The molecular weight excluding hydrogens is 258 g/mol. The molecule has 2 fully saturated rings. The van der Waals surface area contributed by atoms with Crippen molar-refractivity contribution in [2.24, 2.45) is 11.8 Å². The quantitative estimate of drug-likeness (QED) is 0.836. The van der Waals surface area contributed by atoms with Gasteiger partial charge in [0.05, 0.1) is 23.1 Å². The number of imide groups is 1. The normalized spacial score (nSPS) is 25.1. The van der Waals surface area contributed by atoms with Crippen LogP contribution in [0.1, 0.15) is 35.2 Å². The summed E-state index contributed by atoms with van der Waals surface area (Å²) in [7, 11) is 0. The maximum atomic E-state index is 12.4. The molecule has 0 aromatic heterocycles. The number of nitrogens with zero attached hydrogens (tertiary/aromatic N) is 1. The minimum absolute atomic E-state index is 0.00618. The zero-order valence-corrected chi connectivity index (χ0v) is 11.1. The van der Waals surface area contributed by atoms with E-state index in [2.05, 4.69) is 0 Å². The summed E-state index contributed by atoms with van der Waals surface area (Å²) in [6.07, 6.45) is 2.33. The van der Waals surface area contributed by atoms with Gasteiger partial charge in [0.1, 0.15) is 0 Å². The number of carboxylic acids is 1. The molecule has 5 heteroatoms. The van der Waals surface area contributed by atoms with E-state index in [4.69, 9.17) is 0 Å². The van der Waals surface area contributed by atoms with E-state index in [0.717, 1.165) is 29.7 Å². The molecule has 0 radical (unpaired) electrons. The number of hydrogen-bond acceptors (Lipinski definition) is 3. The molecule has 5 nitrogen and oxygen atoms in total. The van der Waals surface area contributed by atoms with E-state index >= 15 is 0 Å². The topological polar surface area (TPSA) is 74.7 Å². The van der Waals surface area contributed by atoms with Crippen LogP contribution in [0.2, 0.25) is 0 Å². The number of benzene rings is 1. The van der Waals surface area contributed by atoms with Crippen molar-refractivity contribution in [1.82, 2.24) is 0 Å². The molecule has 1 aliphatic heterocycles. The summed E-state index contributed by atoms with van der Waals surface area (Å²) in [5, 5.41) is 9.28. The van der Waals surface area contributed by atoms with Crippen molar-refractivity contribution in [3.63, 3.8) is 0 Å². The number of anilines is 1. The van der Waals surface area contributed by atoms with Crippen LogP contribution in [-0.4, -0.2) is 22.9 Å². The SMILES string of the molecule is Cc1ccc(N2C(=O)C3CCCC3C2=O)c(C(=O)O)c1. The summed E-state index contributed by atoms with van der Waals surface area (Å²) in [4.78, 5) is 37.2. The molecule has 2 aliphatic rings. The predicted octanol–water partition coefficient (Wildman–Crippen LogP) is 1.98. The lowest BCUT2D eigenvalue weighted by molar-refractivity contribution is -0.122. The Morgan fingerprint density at radius 2 is 1.80 bits per heavy atom. The molecule has 1 heterocycles. The van der Waals surface area contributed by atoms with Crippen molar-refractivity contribution in [3.05, 3.63) is 29.3 Å². The summed E-state index contributed by atoms with van der Waals surface area (Å²) in [6.45, 7) is 1.78. The Morgan fingerprint density at radius 1 is 1.20 bits per heavy atom. The van der Waals surface area contributed by atoms with Gasteiger partial charge in [-0.05, 0) is 31.9 Å². The van der Waals surface area contributed by atoms with Crippen LogP contribution in [0, 0.1) is 18.8 Å². The van der Waals surface area contributed by atoms with E-state index in [1.54, 1.807) is 19.1 Å². The van der Waals surface area contributed by atoms with Gasteiger partial charge in [0.15, 0.2) is 0 Å². The highest BCUT2D eigenvalue weighted by Crippen LogP contribution is 2.42. The second-order valence-electron chi connectivity index (χ2n) is 5.48. The van der Waals surface area contributed by atoms with Crippen LogP contribution in [-0.2, 0) is 9.59 Å². The third-order valence-electron chi connectivity index (χ3n) is 4.21. The fourth-order valence-electron chi connectivity index (χ4n) is 3.25. The Kier molecular flexibility index (Phi) is 2.85. The second-order valence-corrected chi connectivity index (χ2v) is 5.48. The molecule has 20 heavy (non-hydrogen) atoms. The molecule has 2 unspecified atom stereocenters. The molecule has 1 aromatic carbocycles. The number of carboxylic acid groups (broad SMARTS) is 1. The lowest BCUT2D eigenvalue weighted by Gasteiger charge is -2.18. The van der Waals surface area contributed by atoms with Gasteiger partial charge in [-0.1, -0.05) is 18.1 Å². The maximum absolute atomic E-state index is 12.4. The molecule has 1 saturated heterocycles. The van der Waals surface area contributed by atoms with Gasteiger partial charge in [-0.25, -0.2) is 9.69 Å². The van der Waals surface area contributed by atoms with Crippen LogP contribution in [0.25, 0.3) is 0 Å². The van der Waals surface area contributed by atoms with E-state index in [0.29, 0.717) is 0 Å². The third-order valence-corrected chi connectivity index (χ3v) is 4.21. The Hall–Kier alpha value is -2.17. The molecule has 1 aliphatic carbocycles. The van der Waals surface area contributed by atoms with Crippen LogP contribution in [0.5, 0.6) is 0 Å². The average molecular weight is 273 g/mol. The molecule has 3 rings (SSSR count). The number of aryl methyl sites for hydroxylation is 1. The smallest absolute Gasteiger partial charge is 0.337 e. The molecule has 104 valence electrons. The summed E-state index contributed by atoms with van der Waals surface area (Å²) in [5.74, 6) is -2.13. The maximum Gasteiger partial charge on any atom is 0.337 e. The molecule has 1 N–H and O–H groups in total. The number of fused-ring (bicyclic) bond motifs is 1. The molecule has 1 aromatic rings. The van der Waals surface area contributed by atoms with Crippen molar-refractivity contribution >= 4 is 23.5 Å². The van der Waals surface area contributed by atoms with Gasteiger partial charge in [0.25, 0.3) is 0 Å². The van der Waals surface area contributed by atoms with Crippen molar-refractivity contribution < 1.29 is 19.5 Å². The van der Waals surface area contributed by atoms with E-state index in [1.807, 2.05) is 0 Å². The number of carbonyl (C=O) groups is 3. The first-order valence-corrected chi connectivity index (χ1v) is 6.72. The van der Waals surface area contributed by atoms with Gasteiger partial charge in [-0.15, -0.1) is 0 Å². The Bertz CT molecular complexity index is 600. The van der Waals surface area contributed by atoms with Crippen LogP contribution in [0.4, 0.5) is 5.69 Å². The zero-order chi connectivity index (χ0) is 14.4. The number of rotatable bonds is 2.